The Labute approximate surface area is 129 Å². The van der Waals surface area contributed by atoms with E-state index in [0.717, 1.165) is 43.0 Å². The van der Waals surface area contributed by atoms with Crippen molar-refractivity contribution in [1.82, 2.24) is 10.2 Å². The second-order valence-electron chi connectivity index (χ2n) is 3.97. The molecule has 104 valence electrons. The maximum atomic E-state index is 5.66. The lowest BCUT2D eigenvalue weighted by Crippen LogP contribution is -2.45. The van der Waals surface area contributed by atoms with Gasteiger partial charge in [0.2, 0.25) is 0 Å². The van der Waals surface area contributed by atoms with Crippen LogP contribution >= 0.6 is 40.7 Å². The Morgan fingerprint density at radius 3 is 2.56 bits per heavy atom. The smallest absolute Gasteiger partial charge is 0.169 e. The molecular formula is C12H19BrCl2N2O. The average Bonchev–Trinajstić information content (AvgIpc) is 2.74. The molecule has 6 heteroatoms. The van der Waals surface area contributed by atoms with Crippen LogP contribution in [0.2, 0.25) is 0 Å². The first-order valence-corrected chi connectivity index (χ1v) is 6.41. The first-order chi connectivity index (χ1) is 7.81. The number of piperazine rings is 1. The van der Waals surface area contributed by atoms with E-state index >= 15 is 0 Å². The maximum Gasteiger partial charge on any atom is 0.169 e. The molecule has 0 aliphatic carbocycles. The number of hydrogen-bond donors (Lipinski definition) is 1. The summed E-state index contributed by atoms with van der Waals surface area (Å²) in [7, 11) is 0. The minimum absolute atomic E-state index is 0. The van der Waals surface area contributed by atoms with Gasteiger partial charge in [-0.3, -0.25) is 4.90 Å². The van der Waals surface area contributed by atoms with Crippen molar-refractivity contribution in [3.05, 3.63) is 35.2 Å². The van der Waals surface area contributed by atoms with Crippen LogP contribution in [0.4, 0.5) is 0 Å². The molecule has 1 saturated heterocycles. The highest BCUT2D eigenvalue weighted by molar-refractivity contribution is 9.10. The standard InChI is InChI=1S/C12H17BrN2O.2ClH/c1-2-3-10(11-4-5-12(13)16-11)15-8-6-14-7-9-15;;/h2,4-5,10,14H,1,3,6-9H2;2*1H/t10-;;/m1../s1. The van der Waals surface area contributed by atoms with Gasteiger partial charge in [-0.1, -0.05) is 6.08 Å². The van der Waals surface area contributed by atoms with E-state index in [4.69, 9.17) is 4.42 Å². The largest absolute Gasteiger partial charge is 0.453 e. The second-order valence-corrected chi connectivity index (χ2v) is 4.75. The van der Waals surface area contributed by atoms with Gasteiger partial charge in [-0.15, -0.1) is 31.4 Å². The van der Waals surface area contributed by atoms with E-state index in [2.05, 4.69) is 32.7 Å². The molecule has 1 fully saturated rings. The Kier molecular flexibility index (Phi) is 8.99. The molecule has 18 heavy (non-hydrogen) atoms. The van der Waals surface area contributed by atoms with Gasteiger partial charge in [-0.25, -0.2) is 0 Å². The van der Waals surface area contributed by atoms with Crippen molar-refractivity contribution in [3.63, 3.8) is 0 Å². The van der Waals surface area contributed by atoms with Gasteiger partial charge in [-0.2, -0.15) is 0 Å². The van der Waals surface area contributed by atoms with Gasteiger partial charge in [0.25, 0.3) is 0 Å². The third-order valence-corrected chi connectivity index (χ3v) is 3.33. The molecule has 0 aromatic carbocycles. The summed E-state index contributed by atoms with van der Waals surface area (Å²) in [5.41, 5.74) is 0. The molecule has 0 amide bonds. The predicted molar refractivity (Wildman–Crippen MR) is 82.9 cm³/mol. The van der Waals surface area contributed by atoms with Crippen molar-refractivity contribution < 1.29 is 4.42 Å². The van der Waals surface area contributed by atoms with Crippen LogP contribution in [0.3, 0.4) is 0 Å². The molecule has 2 heterocycles. The summed E-state index contributed by atoms with van der Waals surface area (Å²) in [5, 5.41) is 3.36. The van der Waals surface area contributed by atoms with E-state index in [1.807, 2.05) is 18.2 Å². The van der Waals surface area contributed by atoms with E-state index in [-0.39, 0.29) is 24.8 Å². The number of halogens is 3. The minimum atomic E-state index is 0. The highest BCUT2D eigenvalue weighted by Crippen LogP contribution is 2.28. The Balaban J connectivity index is 0.00000144. The van der Waals surface area contributed by atoms with Crippen molar-refractivity contribution in [2.24, 2.45) is 0 Å². The Bertz CT molecular complexity index is 354. The third-order valence-electron chi connectivity index (χ3n) is 2.90. The Morgan fingerprint density at radius 1 is 1.39 bits per heavy atom. The summed E-state index contributed by atoms with van der Waals surface area (Å²) in [5.74, 6) is 1.02. The van der Waals surface area contributed by atoms with Crippen LogP contribution in [0.25, 0.3) is 0 Å². The monoisotopic (exact) mass is 356 g/mol. The molecule has 1 aliphatic rings. The fourth-order valence-corrected chi connectivity index (χ4v) is 2.42. The zero-order valence-corrected chi connectivity index (χ0v) is 13.3. The summed E-state index contributed by atoms with van der Waals surface area (Å²) < 4.78 is 6.46. The first kappa shape index (κ1) is 18.0. The van der Waals surface area contributed by atoms with E-state index in [9.17, 15) is 0 Å². The van der Waals surface area contributed by atoms with Crippen LogP contribution in [0, 0.1) is 0 Å². The summed E-state index contributed by atoms with van der Waals surface area (Å²) in [6, 6.07) is 4.32. The molecule has 1 aliphatic heterocycles. The summed E-state index contributed by atoms with van der Waals surface area (Å²) in [4.78, 5) is 2.45. The fourth-order valence-electron chi connectivity index (χ4n) is 2.10. The van der Waals surface area contributed by atoms with E-state index < -0.39 is 0 Å². The van der Waals surface area contributed by atoms with Gasteiger partial charge >= 0.3 is 0 Å². The fraction of sp³-hybridized carbons (Fsp3) is 0.500. The van der Waals surface area contributed by atoms with E-state index in [1.54, 1.807) is 0 Å². The summed E-state index contributed by atoms with van der Waals surface area (Å²) in [6.07, 6.45) is 2.89. The summed E-state index contributed by atoms with van der Waals surface area (Å²) >= 11 is 3.35. The van der Waals surface area contributed by atoms with Crippen LogP contribution < -0.4 is 5.32 Å². The molecule has 1 atom stereocenters. The lowest BCUT2D eigenvalue weighted by atomic mass is 10.1. The van der Waals surface area contributed by atoms with Crippen molar-refractivity contribution in [2.45, 2.75) is 12.5 Å². The Hall–Kier alpha value is -0.000000000000000111. The third kappa shape index (κ3) is 4.59. The number of nitrogens with one attached hydrogen (secondary N) is 1. The van der Waals surface area contributed by atoms with Crippen LogP contribution in [-0.4, -0.2) is 31.1 Å². The van der Waals surface area contributed by atoms with Gasteiger partial charge in [0, 0.05) is 26.2 Å². The molecule has 0 radical (unpaired) electrons. The number of furan rings is 1. The van der Waals surface area contributed by atoms with Gasteiger partial charge in [0.05, 0.1) is 6.04 Å². The lowest BCUT2D eigenvalue weighted by Gasteiger charge is -2.33. The number of rotatable bonds is 4. The molecule has 1 aromatic rings. The minimum Gasteiger partial charge on any atom is -0.453 e. The molecule has 0 saturated carbocycles. The molecule has 3 nitrogen and oxygen atoms in total. The molecule has 0 spiro atoms. The van der Waals surface area contributed by atoms with E-state index in [1.165, 1.54) is 0 Å². The van der Waals surface area contributed by atoms with Gasteiger partial charge in [0.1, 0.15) is 5.76 Å². The zero-order valence-electron chi connectivity index (χ0n) is 10.1. The highest BCUT2D eigenvalue weighted by Gasteiger charge is 2.23. The molecule has 0 unspecified atom stereocenters. The zero-order chi connectivity index (χ0) is 11.4. The van der Waals surface area contributed by atoms with Crippen LogP contribution in [0.15, 0.2) is 33.9 Å². The summed E-state index contributed by atoms with van der Waals surface area (Å²) in [6.45, 7) is 8.07. The quantitative estimate of drug-likeness (QED) is 0.837. The molecule has 0 bridgehead atoms. The maximum absolute atomic E-state index is 5.66. The number of hydrogen-bond acceptors (Lipinski definition) is 3. The predicted octanol–water partition coefficient (Wildman–Crippen LogP) is 3.41. The van der Waals surface area contributed by atoms with Crippen molar-refractivity contribution in [1.29, 1.82) is 0 Å². The van der Waals surface area contributed by atoms with Crippen molar-refractivity contribution in [3.8, 4) is 0 Å². The molecule has 2 rings (SSSR count). The normalized spacial score (nSPS) is 17.4. The van der Waals surface area contributed by atoms with Crippen molar-refractivity contribution >= 4 is 40.7 Å². The van der Waals surface area contributed by atoms with Crippen molar-refractivity contribution in [2.75, 3.05) is 26.2 Å². The second kappa shape index (κ2) is 8.99. The first-order valence-electron chi connectivity index (χ1n) is 5.62. The molecular weight excluding hydrogens is 339 g/mol. The SMILES string of the molecule is C=CC[C@H](c1ccc(Br)o1)N1CCNCC1.Cl.Cl. The average molecular weight is 358 g/mol. The molecule has 1 aromatic heterocycles. The van der Waals surface area contributed by atoms with E-state index in [0.29, 0.717) is 6.04 Å². The number of nitrogens with zero attached hydrogens (tertiary/aromatic N) is 1. The molecule has 1 N–H and O–H groups in total. The Morgan fingerprint density at radius 2 is 2.06 bits per heavy atom. The van der Waals surface area contributed by atoms with Gasteiger partial charge in [0.15, 0.2) is 4.67 Å². The van der Waals surface area contributed by atoms with Crippen LogP contribution in [-0.2, 0) is 0 Å². The topological polar surface area (TPSA) is 28.4 Å². The van der Waals surface area contributed by atoms with Crippen LogP contribution in [0.1, 0.15) is 18.2 Å². The van der Waals surface area contributed by atoms with Crippen LogP contribution in [0.5, 0.6) is 0 Å². The van der Waals surface area contributed by atoms with Gasteiger partial charge < -0.3 is 9.73 Å². The highest BCUT2D eigenvalue weighted by atomic mass is 79.9. The lowest BCUT2D eigenvalue weighted by molar-refractivity contribution is 0.154. The van der Waals surface area contributed by atoms with Gasteiger partial charge in [-0.05, 0) is 34.5 Å².